The van der Waals surface area contributed by atoms with Gasteiger partial charge in [0.15, 0.2) is 11.5 Å². The van der Waals surface area contributed by atoms with E-state index >= 15 is 0 Å². The molecule has 2 bridgehead atoms. The minimum absolute atomic E-state index is 0.0365. The van der Waals surface area contributed by atoms with Crippen molar-refractivity contribution in [1.29, 1.82) is 0 Å². The molecule has 3 aromatic carbocycles. The maximum Gasteiger partial charge on any atom is 0.331 e. The molecule has 1 saturated carbocycles. The van der Waals surface area contributed by atoms with Gasteiger partial charge in [-0.2, -0.15) is 0 Å². The molecule has 0 saturated heterocycles. The highest BCUT2D eigenvalue weighted by Gasteiger charge is 2.60. The van der Waals surface area contributed by atoms with Gasteiger partial charge in [-0.3, -0.25) is 0 Å². The van der Waals surface area contributed by atoms with Crippen LogP contribution < -0.4 is 19.5 Å². The summed E-state index contributed by atoms with van der Waals surface area (Å²) in [5, 5.41) is 4.27. The number of esters is 1. The van der Waals surface area contributed by atoms with Crippen molar-refractivity contribution in [2.24, 2.45) is 5.92 Å². The zero-order chi connectivity index (χ0) is 29.8. The fraction of sp³-hybridized carbons (Fsp3) is 0.400. The zero-order valence-electron chi connectivity index (χ0n) is 24.7. The van der Waals surface area contributed by atoms with Crippen molar-refractivity contribution in [3.8, 4) is 17.2 Å². The molecule has 1 unspecified atom stereocenters. The first kappa shape index (κ1) is 28.1. The Morgan fingerprint density at radius 3 is 2.65 bits per heavy atom. The van der Waals surface area contributed by atoms with E-state index < -0.39 is 5.54 Å². The second kappa shape index (κ2) is 10.8. The number of methoxy groups -OCH3 is 2. The second-order valence-corrected chi connectivity index (χ2v) is 12.7. The summed E-state index contributed by atoms with van der Waals surface area (Å²) in [6, 6.07) is 18.2. The van der Waals surface area contributed by atoms with Gasteiger partial charge >= 0.3 is 5.97 Å². The Balaban J connectivity index is 1.24. The molecular weight excluding hydrogens is 566 g/mol. The van der Waals surface area contributed by atoms with Gasteiger partial charge < -0.3 is 29.0 Å². The molecule has 0 aromatic heterocycles. The molecule has 2 heterocycles. The number of carbonyl (C=O) groups excluding carboxylic acids is 1. The Labute approximate surface area is 257 Å². The lowest BCUT2D eigenvalue weighted by Crippen LogP contribution is -2.58. The molecule has 1 N–H and O–H groups in total. The molecule has 7 rings (SSSR count). The van der Waals surface area contributed by atoms with E-state index in [1.54, 1.807) is 7.11 Å². The number of hydrogen-bond donors (Lipinski definition) is 1. The van der Waals surface area contributed by atoms with E-state index in [1.807, 2.05) is 42.5 Å². The van der Waals surface area contributed by atoms with Crippen molar-refractivity contribution in [2.45, 2.75) is 56.1 Å². The molecule has 4 atom stereocenters. The van der Waals surface area contributed by atoms with Gasteiger partial charge in [0.25, 0.3) is 0 Å². The lowest BCUT2D eigenvalue weighted by Gasteiger charge is -2.55. The molecule has 0 amide bonds. The van der Waals surface area contributed by atoms with Gasteiger partial charge in [-0.15, -0.1) is 0 Å². The van der Waals surface area contributed by atoms with Crippen molar-refractivity contribution in [3.63, 3.8) is 0 Å². The third kappa shape index (κ3) is 4.56. The molecule has 3 aromatic rings. The number of rotatable bonds is 8. The normalized spacial score (nSPS) is 24.9. The van der Waals surface area contributed by atoms with E-state index in [-0.39, 0.29) is 30.0 Å². The van der Waals surface area contributed by atoms with Gasteiger partial charge in [0.05, 0.1) is 20.8 Å². The fourth-order valence-corrected chi connectivity index (χ4v) is 8.10. The number of benzene rings is 3. The third-order valence-corrected chi connectivity index (χ3v) is 10.1. The van der Waals surface area contributed by atoms with E-state index in [0.29, 0.717) is 31.1 Å². The largest absolute Gasteiger partial charge is 0.497 e. The Bertz CT molecular complexity index is 1600. The Morgan fingerprint density at radius 1 is 1.09 bits per heavy atom. The van der Waals surface area contributed by atoms with Gasteiger partial charge in [0.2, 0.25) is 6.79 Å². The first-order valence-electron chi connectivity index (χ1n) is 14.9. The highest BCUT2D eigenvalue weighted by atomic mass is 35.5. The predicted octanol–water partition coefficient (Wildman–Crippen LogP) is 7.26. The van der Waals surface area contributed by atoms with Crippen LogP contribution in [-0.4, -0.2) is 39.1 Å². The number of allylic oxidation sites excluding steroid dienone is 1. The first-order valence-corrected chi connectivity index (χ1v) is 15.3. The quantitative estimate of drug-likeness (QED) is 0.272. The number of fused-ring (bicyclic) bond motifs is 8. The molecule has 1 fully saturated rings. The van der Waals surface area contributed by atoms with E-state index in [9.17, 15) is 4.79 Å². The van der Waals surface area contributed by atoms with Gasteiger partial charge in [-0.25, -0.2) is 4.79 Å². The highest BCUT2D eigenvalue weighted by Crippen LogP contribution is 2.65. The van der Waals surface area contributed by atoms with Crippen molar-refractivity contribution in [1.82, 2.24) is 0 Å². The minimum Gasteiger partial charge on any atom is -0.497 e. The van der Waals surface area contributed by atoms with Gasteiger partial charge in [-0.1, -0.05) is 48.4 Å². The van der Waals surface area contributed by atoms with Crippen LogP contribution in [0.4, 0.5) is 5.69 Å². The number of halogens is 1. The monoisotopic (exact) mass is 601 g/mol. The molecule has 2 aliphatic heterocycles. The molecule has 0 radical (unpaired) electrons. The van der Waals surface area contributed by atoms with E-state index in [4.69, 9.17) is 35.3 Å². The summed E-state index contributed by atoms with van der Waals surface area (Å²) < 4.78 is 28.5. The summed E-state index contributed by atoms with van der Waals surface area (Å²) in [4.78, 5) is 13.3. The first-order chi connectivity index (χ1) is 20.9. The molecule has 1 spiro atoms. The predicted molar refractivity (Wildman–Crippen MR) is 165 cm³/mol. The van der Waals surface area contributed by atoms with Crippen LogP contribution in [0.5, 0.6) is 17.2 Å². The van der Waals surface area contributed by atoms with Crippen LogP contribution in [0.1, 0.15) is 60.8 Å². The van der Waals surface area contributed by atoms with Crippen LogP contribution in [0.15, 0.2) is 60.2 Å². The average molecular weight is 602 g/mol. The van der Waals surface area contributed by atoms with E-state index in [1.165, 1.54) is 18.2 Å². The number of carbonyl (C=O) groups is 1. The Morgan fingerprint density at radius 2 is 1.88 bits per heavy atom. The van der Waals surface area contributed by atoms with Crippen LogP contribution in [0, 0.1) is 5.92 Å². The molecule has 8 heteroatoms. The Hall–Kier alpha value is -3.68. The topological polar surface area (TPSA) is 75.3 Å². The zero-order valence-corrected chi connectivity index (χ0v) is 25.5. The molecule has 2 aliphatic carbocycles. The van der Waals surface area contributed by atoms with Crippen LogP contribution >= 0.6 is 11.6 Å². The maximum atomic E-state index is 13.3. The molecular formula is C35H36ClNO6. The Kier molecular flexibility index (Phi) is 7.06. The van der Waals surface area contributed by atoms with Crippen LogP contribution in [0.25, 0.3) is 6.08 Å². The lowest BCUT2D eigenvalue weighted by molar-refractivity contribution is -0.148. The molecule has 43 heavy (non-hydrogen) atoms. The second-order valence-electron chi connectivity index (χ2n) is 12.3. The van der Waals surface area contributed by atoms with Crippen LogP contribution in [-0.2, 0) is 26.3 Å². The highest BCUT2D eigenvalue weighted by molar-refractivity contribution is 6.32. The number of hydrogen-bond acceptors (Lipinski definition) is 7. The standard InChI is InChI=1S/C35H36ClNO6/c1-21(18-41-19-22-7-9-25(39-2)10-8-22)13-24-14-23-15-30-31(43-20-42-30)16-26(23)35(24)12-11-34(33(38)40-3)17-27(35)32-28(36)5-4-6-29(32)37-34/h4-10,14-16,21,27,37H,11-13,17-20H2,1-3H3/t21-,27?,34-,35-/m1/s1. The molecule has 7 nitrogen and oxygen atoms in total. The summed E-state index contributed by atoms with van der Waals surface area (Å²) in [5.41, 5.74) is 5.60. The smallest absolute Gasteiger partial charge is 0.331 e. The van der Waals surface area contributed by atoms with Crippen LogP contribution in [0.2, 0.25) is 5.02 Å². The summed E-state index contributed by atoms with van der Waals surface area (Å²) in [5.74, 6) is 2.36. The van der Waals surface area contributed by atoms with Gasteiger partial charge in [0, 0.05) is 28.6 Å². The van der Waals surface area contributed by atoms with Crippen molar-refractivity contribution < 1.29 is 28.5 Å². The van der Waals surface area contributed by atoms with Crippen LogP contribution in [0.3, 0.4) is 0 Å². The fourth-order valence-electron chi connectivity index (χ4n) is 7.80. The van der Waals surface area contributed by atoms with E-state index in [2.05, 4.69) is 30.4 Å². The van der Waals surface area contributed by atoms with Gasteiger partial charge in [0.1, 0.15) is 11.3 Å². The third-order valence-electron chi connectivity index (χ3n) is 9.77. The van der Waals surface area contributed by atoms with E-state index in [0.717, 1.165) is 52.5 Å². The van der Waals surface area contributed by atoms with Crippen molar-refractivity contribution >= 4 is 29.3 Å². The number of nitrogens with one attached hydrogen (secondary N) is 1. The summed E-state index contributed by atoms with van der Waals surface area (Å²) >= 11 is 6.98. The molecule has 4 aliphatic rings. The average Bonchev–Trinajstić information content (AvgIpc) is 3.59. The molecule has 224 valence electrons. The summed E-state index contributed by atoms with van der Waals surface area (Å²) in [7, 11) is 3.14. The van der Waals surface area contributed by atoms with Crippen molar-refractivity contribution in [2.75, 3.05) is 32.9 Å². The SMILES string of the molecule is COC(=O)[C@@]12CC[C@]3(C(C[C@@H](C)COCc4ccc(OC)cc4)=Cc4cc5c(cc43)OCO5)C(C1)c1c(Cl)cccc1N2. The van der Waals surface area contributed by atoms with Crippen molar-refractivity contribution in [3.05, 3.63) is 87.4 Å². The lowest BCUT2D eigenvalue weighted by atomic mass is 9.52. The number of ether oxygens (including phenoxy) is 5. The summed E-state index contributed by atoms with van der Waals surface area (Å²) in [6.45, 7) is 3.62. The van der Waals surface area contributed by atoms with Gasteiger partial charge in [-0.05, 0) is 90.3 Å². The maximum absolute atomic E-state index is 13.3. The number of anilines is 1. The summed E-state index contributed by atoms with van der Waals surface area (Å²) in [6.07, 6.45) is 5.17. The minimum atomic E-state index is -0.806.